The quantitative estimate of drug-likeness (QED) is 0.513. The van der Waals surface area contributed by atoms with E-state index in [1.807, 2.05) is 28.8 Å². The Morgan fingerprint density at radius 3 is 2.31 bits per heavy atom. The average Bonchev–Trinajstić information content (AvgIpc) is 3.22. The summed E-state index contributed by atoms with van der Waals surface area (Å²) < 4.78 is 15.2. The first-order valence-electron chi connectivity index (χ1n) is 9.99. The second-order valence-corrected chi connectivity index (χ2v) is 7.72. The first-order valence-corrected chi connectivity index (χ1v) is 9.99. The second-order valence-electron chi connectivity index (χ2n) is 7.72. The minimum absolute atomic E-state index is 0.100. The first kappa shape index (κ1) is 19.8. The van der Waals surface area contributed by atoms with E-state index in [2.05, 4.69) is 5.32 Å². The number of anilines is 1. The summed E-state index contributed by atoms with van der Waals surface area (Å²) in [7, 11) is 6.06. The zero-order chi connectivity index (χ0) is 22.7. The van der Waals surface area contributed by atoms with Crippen LogP contribution in [0.1, 0.15) is 17.3 Å². The third kappa shape index (κ3) is 2.57. The minimum Gasteiger partial charge on any atom is -0.502 e. The van der Waals surface area contributed by atoms with Crippen LogP contribution in [-0.2, 0) is 14.1 Å². The molecule has 1 aliphatic rings. The Balaban J connectivity index is 1.90. The topological polar surface area (TPSA) is 99.7 Å². The van der Waals surface area contributed by atoms with Crippen LogP contribution in [0.5, 0.6) is 17.2 Å². The molecule has 3 heterocycles. The van der Waals surface area contributed by atoms with Gasteiger partial charge in [0.2, 0.25) is 5.75 Å². The third-order valence-electron chi connectivity index (χ3n) is 6.03. The molecule has 1 unspecified atom stereocenters. The molecule has 0 spiro atoms. The number of aromatic nitrogens is 3. The standard InChI is InChI=1S/C23H22N4O5/c1-25-19-13(22(29)26(2)23(25)30)11-27-15-8-6-5-7-14(15)24-18(20(19)27)12-9-16(31-3)21(28)17(10-12)32-4/h5-11,18,24,28H,1-4H3. The number of hydrogen-bond donors (Lipinski definition) is 2. The number of aryl methyl sites for hydroxylation is 1. The molecule has 164 valence electrons. The molecule has 0 fully saturated rings. The summed E-state index contributed by atoms with van der Waals surface area (Å²) in [6, 6.07) is 10.7. The summed E-state index contributed by atoms with van der Waals surface area (Å²) >= 11 is 0. The summed E-state index contributed by atoms with van der Waals surface area (Å²) in [5.41, 5.74) is 2.96. The van der Waals surface area contributed by atoms with Crippen LogP contribution in [0.2, 0.25) is 0 Å². The molecule has 2 N–H and O–H groups in total. The molecule has 1 atom stereocenters. The molecule has 32 heavy (non-hydrogen) atoms. The fourth-order valence-corrected chi connectivity index (χ4v) is 4.44. The number of para-hydroxylation sites is 2. The second kappa shape index (κ2) is 6.94. The van der Waals surface area contributed by atoms with Gasteiger partial charge < -0.3 is 24.5 Å². The highest BCUT2D eigenvalue weighted by Crippen LogP contribution is 2.44. The molecule has 0 saturated heterocycles. The van der Waals surface area contributed by atoms with Crippen molar-refractivity contribution in [2.45, 2.75) is 6.04 Å². The van der Waals surface area contributed by atoms with E-state index in [1.165, 1.54) is 25.8 Å². The van der Waals surface area contributed by atoms with Gasteiger partial charge in [-0.3, -0.25) is 13.9 Å². The number of fused-ring (bicyclic) bond motifs is 5. The van der Waals surface area contributed by atoms with Crippen LogP contribution in [0.4, 0.5) is 5.69 Å². The zero-order valence-corrected chi connectivity index (χ0v) is 18.0. The van der Waals surface area contributed by atoms with Crippen LogP contribution < -0.4 is 26.0 Å². The van der Waals surface area contributed by atoms with Gasteiger partial charge in [0, 0.05) is 20.3 Å². The number of phenolic OH excluding ortho intramolecular Hbond substituents is 1. The third-order valence-corrected chi connectivity index (χ3v) is 6.03. The zero-order valence-electron chi connectivity index (χ0n) is 18.0. The van der Waals surface area contributed by atoms with Crippen molar-refractivity contribution in [1.29, 1.82) is 0 Å². The van der Waals surface area contributed by atoms with Gasteiger partial charge in [0.05, 0.1) is 48.2 Å². The Labute approximate surface area is 182 Å². The molecule has 0 saturated carbocycles. The molecular weight excluding hydrogens is 412 g/mol. The predicted octanol–water partition coefficient (Wildman–Crippen LogP) is 2.27. The van der Waals surface area contributed by atoms with E-state index in [0.717, 1.165) is 27.2 Å². The summed E-state index contributed by atoms with van der Waals surface area (Å²) in [4.78, 5) is 25.7. The first-order chi connectivity index (χ1) is 15.4. The van der Waals surface area contributed by atoms with Gasteiger partial charge in [-0.05, 0) is 29.8 Å². The van der Waals surface area contributed by atoms with E-state index in [1.54, 1.807) is 25.4 Å². The van der Waals surface area contributed by atoms with Gasteiger partial charge in [-0.2, -0.15) is 0 Å². The van der Waals surface area contributed by atoms with Crippen LogP contribution >= 0.6 is 0 Å². The minimum atomic E-state index is -0.455. The maximum absolute atomic E-state index is 13.0. The van der Waals surface area contributed by atoms with Gasteiger partial charge in [0.25, 0.3) is 5.56 Å². The molecule has 2 aromatic heterocycles. The van der Waals surface area contributed by atoms with Crippen molar-refractivity contribution in [2.75, 3.05) is 19.5 Å². The fraction of sp³-hybridized carbons (Fsp3) is 0.217. The molecule has 0 bridgehead atoms. The Bertz CT molecular complexity index is 1490. The molecule has 9 nitrogen and oxygen atoms in total. The van der Waals surface area contributed by atoms with Gasteiger partial charge in [-0.1, -0.05) is 12.1 Å². The number of nitrogens with one attached hydrogen (secondary N) is 1. The van der Waals surface area contributed by atoms with Crippen molar-refractivity contribution in [1.82, 2.24) is 13.7 Å². The summed E-state index contributed by atoms with van der Waals surface area (Å²) in [5.74, 6) is 0.413. The molecule has 5 rings (SSSR count). The summed E-state index contributed by atoms with van der Waals surface area (Å²) in [6.45, 7) is 0. The van der Waals surface area contributed by atoms with E-state index < -0.39 is 11.7 Å². The molecule has 9 heteroatoms. The van der Waals surface area contributed by atoms with Crippen molar-refractivity contribution >= 4 is 16.6 Å². The SMILES string of the molecule is COc1cc(C2Nc3ccccc3-n3cc4c(=O)n(C)c(=O)n(C)c4c32)cc(OC)c1O. The maximum Gasteiger partial charge on any atom is 0.331 e. The smallest absolute Gasteiger partial charge is 0.331 e. The largest absolute Gasteiger partial charge is 0.502 e. The number of phenols is 1. The highest BCUT2D eigenvalue weighted by Gasteiger charge is 2.32. The van der Waals surface area contributed by atoms with Gasteiger partial charge >= 0.3 is 5.69 Å². The van der Waals surface area contributed by atoms with Gasteiger partial charge in [0.15, 0.2) is 11.5 Å². The van der Waals surface area contributed by atoms with E-state index in [-0.39, 0.29) is 22.8 Å². The molecule has 2 aromatic carbocycles. The Kier molecular flexibility index (Phi) is 4.30. The number of benzene rings is 2. The Morgan fingerprint density at radius 1 is 1.00 bits per heavy atom. The van der Waals surface area contributed by atoms with Crippen LogP contribution in [-0.4, -0.2) is 33.0 Å². The fourth-order valence-electron chi connectivity index (χ4n) is 4.44. The van der Waals surface area contributed by atoms with E-state index in [4.69, 9.17) is 9.47 Å². The van der Waals surface area contributed by atoms with Crippen LogP contribution in [0.15, 0.2) is 52.2 Å². The van der Waals surface area contributed by atoms with E-state index >= 15 is 0 Å². The van der Waals surface area contributed by atoms with Crippen molar-refractivity contribution in [3.63, 3.8) is 0 Å². The van der Waals surface area contributed by atoms with Gasteiger partial charge in [-0.25, -0.2) is 4.79 Å². The number of aromatic hydroxyl groups is 1. The van der Waals surface area contributed by atoms with Crippen LogP contribution in [0.25, 0.3) is 16.6 Å². The van der Waals surface area contributed by atoms with E-state index in [0.29, 0.717) is 10.9 Å². The summed E-state index contributed by atoms with van der Waals surface area (Å²) in [6.07, 6.45) is 1.77. The predicted molar refractivity (Wildman–Crippen MR) is 120 cm³/mol. The molecule has 1 aliphatic heterocycles. The van der Waals surface area contributed by atoms with Gasteiger partial charge in [-0.15, -0.1) is 0 Å². The molecule has 4 aromatic rings. The number of methoxy groups -OCH3 is 2. The van der Waals surface area contributed by atoms with Crippen LogP contribution in [0, 0.1) is 0 Å². The number of nitrogens with zero attached hydrogens (tertiary/aromatic N) is 3. The molecule has 0 radical (unpaired) electrons. The number of rotatable bonds is 3. The van der Waals surface area contributed by atoms with E-state index in [9.17, 15) is 14.7 Å². The van der Waals surface area contributed by atoms with Crippen molar-refractivity contribution < 1.29 is 14.6 Å². The summed E-state index contributed by atoms with van der Waals surface area (Å²) in [5, 5.41) is 14.3. The molecule has 0 aliphatic carbocycles. The van der Waals surface area contributed by atoms with Crippen molar-refractivity contribution in [3.05, 3.63) is 74.7 Å². The van der Waals surface area contributed by atoms with Crippen molar-refractivity contribution in [2.24, 2.45) is 14.1 Å². The lowest BCUT2D eigenvalue weighted by molar-refractivity contribution is 0.339. The Hall–Kier alpha value is -4.14. The molecular formula is C23H22N4O5. The number of hydrogen-bond acceptors (Lipinski definition) is 6. The maximum atomic E-state index is 13.0. The highest BCUT2D eigenvalue weighted by atomic mass is 16.5. The normalized spacial score (nSPS) is 14.6. The average molecular weight is 434 g/mol. The van der Waals surface area contributed by atoms with Gasteiger partial charge in [0.1, 0.15) is 0 Å². The lowest BCUT2D eigenvalue weighted by atomic mass is 9.98. The van der Waals surface area contributed by atoms with Crippen LogP contribution in [0.3, 0.4) is 0 Å². The lowest BCUT2D eigenvalue weighted by Crippen LogP contribution is -2.37. The van der Waals surface area contributed by atoms with Crippen molar-refractivity contribution in [3.8, 4) is 22.9 Å². The monoisotopic (exact) mass is 434 g/mol. The molecule has 0 amide bonds. The Morgan fingerprint density at radius 2 is 1.66 bits per heavy atom. The number of ether oxygens (including phenoxy) is 2. The lowest BCUT2D eigenvalue weighted by Gasteiger charge is -2.30. The highest BCUT2D eigenvalue weighted by molar-refractivity contribution is 5.86.